The lowest BCUT2D eigenvalue weighted by Crippen LogP contribution is -2.34. The first kappa shape index (κ1) is 11.7. The minimum Gasteiger partial charge on any atom is -0.307 e. The van der Waals surface area contributed by atoms with Crippen LogP contribution in [0.15, 0.2) is 24.4 Å². The predicted octanol–water partition coefficient (Wildman–Crippen LogP) is 2.59. The van der Waals surface area contributed by atoms with Gasteiger partial charge in [0.15, 0.2) is 0 Å². The number of nitrogens with zero attached hydrogens (tertiary/aromatic N) is 1. The summed E-state index contributed by atoms with van der Waals surface area (Å²) in [6, 6.07) is 6.51. The maximum absolute atomic E-state index is 4.27. The maximum Gasteiger partial charge on any atom is 0.0541 e. The van der Waals surface area contributed by atoms with Crippen molar-refractivity contribution in [3.8, 4) is 0 Å². The summed E-state index contributed by atoms with van der Waals surface area (Å²) in [4.78, 5) is 4.27. The van der Waals surface area contributed by atoms with Gasteiger partial charge in [-0.2, -0.15) is 0 Å². The second kappa shape index (κ2) is 6.14. The molecule has 14 heavy (non-hydrogen) atoms. The second-order valence-corrected chi connectivity index (χ2v) is 4.35. The smallest absolute Gasteiger partial charge is 0.0541 e. The van der Waals surface area contributed by atoms with Gasteiger partial charge in [0.1, 0.15) is 0 Å². The molecule has 1 N–H and O–H groups in total. The number of halogens is 1. The van der Waals surface area contributed by atoms with Crippen LogP contribution in [0.3, 0.4) is 0 Å². The molecule has 0 fully saturated rings. The summed E-state index contributed by atoms with van der Waals surface area (Å²) in [6.45, 7) is 5.28. The van der Waals surface area contributed by atoms with Crippen molar-refractivity contribution in [2.75, 3.05) is 5.33 Å². The third kappa shape index (κ3) is 3.76. The fourth-order valence-corrected chi connectivity index (χ4v) is 2.18. The summed E-state index contributed by atoms with van der Waals surface area (Å²) in [6.07, 6.45) is 1.83. The van der Waals surface area contributed by atoms with Crippen molar-refractivity contribution in [3.63, 3.8) is 0 Å². The third-order valence-corrected chi connectivity index (χ3v) is 2.94. The zero-order chi connectivity index (χ0) is 10.4. The Balaban J connectivity index is 2.40. The molecule has 1 aromatic heterocycles. The number of rotatable bonds is 5. The van der Waals surface area contributed by atoms with E-state index >= 15 is 0 Å². The van der Waals surface area contributed by atoms with E-state index in [-0.39, 0.29) is 0 Å². The van der Waals surface area contributed by atoms with Gasteiger partial charge in [0, 0.05) is 24.1 Å². The van der Waals surface area contributed by atoms with E-state index in [9.17, 15) is 0 Å². The number of hydrogen-bond donors (Lipinski definition) is 1. The zero-order valence-electron chi connectivity index (χ0n) is 8.70. The van der Waals surface area contributed by atoms with Crippen molar-refractivity contribution in [1.29, 1.82) is 0 Å². The summed E-state index contributed by atoms with van der Waals surface area (Å²) in [5.41, 5.74) is 1.10. The Hall–Kier alpha value is -0.410. The van der Waals surface area contributed by atoms with E-state index in [2.05, 4.69) is 40.1 Å². The Morgan fingerprint density at radius 3 is 2.71 bits per heavy atom. The topological polar surface area (TPSA) is 24.9 Å². The van der Waals surface area contributed by atoms with Crippen LogP contribution in [0.25, 0.3) is 0 Å². The monoisotopic (exact) mass is 256 g/mol. The summed E-state index contributed by atoms with van der Waals surface area (Å²) >= 11 is 3.51. The van der Waals surface area contributed by atoms with Crippen molar-refractivity contribution in [2.45, 2.75) is 26.4 Å². The Bertz CT molecular complexity index is 249. The fraction of sp³-hybridized carbons (Fsp3) is 0.545. The molecule has 0 bridgehead atoms. The van der Waals surface area contributed by atoms with E-state index in [1.165, 1.54) is 0 Å². The molecule has 0 spiro atoms. The maximum atomic E-state index is 4.27. The molecule has 1 rings (SSSR count). The molecule has 1 unspecified atom stereocenters. The molecule has 0 amide bonds. The number of aromatic nitrogens is 1. The first-order chi connectivity index (χ1) is 6.74. The highest BCUT2D eigenvalue weighted by Gasteiger charge is 2.10. The van der Waals surface area contributed by atoms with Crippen LogP contribution < -0.4 is 5.32 Å². The van der Waals surface area contributed by atoms with Crippen LogP contribution in [-0.4, -0.2) is 16.4 Å². The SMILES string of the molecule is CC(C)C(CBr)NCc1ccccn1. The molecule has 1 atom stereocenters. The van der Waals surface area contributed by atoms with Gasteiger partial charge >= 0.3 is 0 Å². The predicted molar refractivity (Wildman–Crippen MR) is 63.5 cm³/mol. The molecule has 0 radical (unpaired) electrons. The third-order valence-electron chi connectivity index (χ3n) is 2.24. The highest BCUT2D eigenvalue weighted by Crippen LogP contribution is 2.05. The van der Waals surface area contributed by atoms with Crippen molar-refractivity contribution >= 4 is 15.9 Å². The Morgan fingerprint density at radius 2 is 2.21 bits per heavy atom. The molecule has 78 valence electrons. The van der Waals surface area contributed by atoms with Crippen LogP contribution in [0.5, 0.6) is 0 Å². The minimum atomic E-state index is 0.511. The van der Waals surface area contributed by atoms with Gasteiger partial charge in [0.25, 0.3) is 0 Å². The molecule has 0 aliphatic carbocycles. The van der Waals surface area contributed by atoms with E-state index in [1.54, 1.807) is 0 Å². The quantitative estimate of drug-likeness (QED) is 0.820. The molecular formula is C11H17BrN2. The first-order valence-corrected chi connectivity index (χ1v) is 6.05. The van der Waals surface area contributed by atoms with Crippen molar-refractivity contribution in [2.24, 2.45) is 5.92 Å². The molecule has 3 heteroatoms. The molecule has 2 nitrogen and oxygen atoms in total. The molecule has 0 aliphatic heterocycles. The van der Waals surface area contributed by atoms with Gasteiger partial charge < -0.3 is 5.32 Å². The van der Waals surface area contributed by atoms with Crippen LogP contribution in [0.2, 0.25) is 0 Å². The minimum absolute atomic E-state index is 0.511. The van der Waals surface area contributed by atoms with E-state index in [0.717, 1.165) is 17.6 Å². The summed E-state index contributed by atoms with van der Waals surface area (Å²) < 4.78 is 0. The summed E-state index contributed by atoms with van der Waals surface area (Å²) in [5, 5.41) is 4.46. The Kier molecular flexibility index (Phi) is 5.12. The lowest BCUT2D eigenvalue weighted by molar-refractivity contribution is 0.432. The van der Waals surface area contributed by atoms with E-state index in [4.69, 9.17) is 0 Å². The molecule has 1 heterocycles. The highest BCUT2D eigenvalue weighted by molar-refractivity contribution is 9.09. The lowest BCUT2D eigenvalue weighted by Gasteiger charge is -2.19. The number of nitrogens with one attached hydrogen (secondary N) is 1. The van der Waals surface area contributed by atoms with Crippen LogP contribution in [0.1, 0.15) is 19.5 Å². The number of pyridine rings is 1. The van der Waals surface area contributed by atoms with Gasteiger partial charge in [0.05, 0.1) is 5.69 Å². The van der Waals surface area contributed by atoms with E-state index in [1.807, 2.05) is 24.4 Å². The number of alkyl halides is 1. The van der Waals surface area contributed by atoms with Gasteiger partial charge in [-0.15, -0.1) is 0 Å². The summed E-state index contributed by atoms with van der Waals surface area (Å²) in [5.74, 6) is 0.637. The van der Waals surface area contributed by atoms with Crippen molar-refractivity contribution < 1.29 is 0 Å². The van der Waals surface area contributed by atoms with Gasteiger partial charge in [-0.25, -0.2) is 0 Å². The average molecular weight is 257 g/mol. The Morgan fingerprint density at radius 1 is 1.43 bits per heavy atom. The average Bonchev–Trinajstić information content (AvgIpc) is 2.20. The molecule has 0 saturated carbocycles. The van der Waals surface area contributed by atoms with E-state index < -0.39 is 0 Å². The van der Waals surface area contributed by atoms with Crippen molar-refractivity contribution in [1.82, 2.24) is 10.3 Å². The van der Waals surface area contributed by atoms with Crippen LogP contribution >= 0.6 is 15.9 Å². The lowest BCUT2D eigenvalue weighted by atomic mass is 10.1. The normalized spacial score (nSPS) is 13.1. The molecule has 0 aliphatic rings. The van der Waals surface area contributed by atoms with Gasteiger partial charge in [-0.05, 0) is 18.1 Å². The second-order valence-electron chi connectivity index (χ2n) is 3.71. The standard InChI is InChI=1S/C11H17BrN2/c1-9(2)11(7-12)14-8-10-5-3-4-6-13-10/h3-6,9,11,14H,7-8H2,1-2H3. The molecule has 1 aromatic rings. The first-order valence-electron chi connectivity index (χ1n) is 4.93. The van der Waals surface area contributed by atoms with E-state index in [0.29, 0.717) is 12.0 Å². The zero-order valence-corrected chi connectivity index (χ0v) is 10.3. The number of hydrogen-bond acceptors (Lipinski definition) is 2. The molecular weight excluding hydrogens is 240 g/mol. The molecule has 0 saturated heterocycles. The van der Waals surface area contributed by atoms with Crippen LogP contribution in [0, 0.1) is 5.92 Å². The Labute approximate surface area is 94.3 Å². The largest absolute Gasteiger partial charge is 0.307 e. The summed E-state index contributed by atoms with van der Waals surface area (Å²) in [7, 11) is 0. The fourth-order valence-electron chi connectivity index (χ4n) is 1.21. The van der Waals surface area contributed by atoms with Gasteiger partial charge in [-0.1, -0.05) is 35.8 Å². The van der Waals surface area contributed by atoms with Gasteiger partial charge in [0.2, 0.25) is 0 Å². The van der Waals surface area contributed by atoms with Gasteiger partial charge in [-0.3, -0.25) is 4.98 Å². The van der Waals surface area contributed by atoms with Crippen LogP contribution in [0.4, 0.5) is 0 Å². The molecule has 0 aromatic carbocycles. The van der Waals surface area contributed by atoms with Crippen LogP contribution in [-0.2, 0) is 6.54 Å². The highest BCUT2D eigenvalue weighted by atomic mass is 79.9. The van der Waals surface area contributed by atoms with Crippen molar-refractivity contribution in [3.05, 3.63) is 30.1 Å².